The molecule has 1 fully saturated rings. The fourth-order valence-corrected chi connectivity index (χ4v) is 4.03. The minimum atomic E-state index is -0.893. The zero-order valence-electron chi connectivity index (χ0n) is 16.0. The van der Waals surface area contributed by atoms with Crippen LogP contribution in [0.5, 0.6) is 5.75 Å². The predicted octanol–water partition coefficient (Wildman–Crippen LogP) is 5.00. The Hall–Kier alpha value is -3.40. The number of benzene rings is 3. The van der Waals surface area contributed by atoms with Crippen LogP contribution in [0.25, 0.3) is 0 Å². The summed E-state index contributed by atoms with van der Waals surface area (Å²) < 4.78 is 11.5. The van der Waals surface area contributed by atoms with E-state index in [0.717, 1.165) is 11.1 Å². The Labute approximate surface area is 170 Å². The molecule has 3 aromatic carbocycles. The van der Waals surface area contributed by atoms with Crippen molar-refractivity contribution in [3.05, 3.63) is 102 Å². The molecule has 0 N–H and O–H groups in total. The van der Waals surface area contributed by atoms with Gasteiger partial charge in [0.15, 0.2) is 0 Å². The predicted molar refractivity (Wildman–Crippen MR) is 109 cm³/mol. The molecule has 3 aromatic rings. The van der Waals surface area contributed by atoms with Crippen LogP contribution in [0, 0.1) is 0 Å². The van der Waals surface area contributed by atoms with E-state index in [1.54, 1.807) is 12.1 Å². The lowest BCUT2D eigenvalue weighted by molar-refractivity contribution is -0.154. The summed E-state index contributed by atoms with van der Waals surface area (Å²) in [5.74, 6) is -0.454. The van der Waals surface area contributed by atoms with E-state index in [1.165, 1.54) is 0 Å². The molecule has 0 bridgehead atoms. The zero-order chi connectivity index (χ0) is 20.1. The van der Waals surface area contributed by atoms with E-state index in [1.807, 2.05) is 78.9 Å². The van der Waals surface area contributed by atoms with Crippen molar-refractivity contribution in [3.63, 3.8) is 0 Å². The third-order valence-electron chi connectivity index (χ3n) is 5.37. The van der Waals surface area contributed by atoms with Crippen molar-refractivity contribution in [2.24, 2.45) is 0 Å². The van der Waals surface area contributed by atoms with Crippen molar-refractivity contribution >= 4 is 11.9 Å². The minimum Gasteiger partial charge on any atom is -0.453 e. The summed E-state index contributed by atoms with van der Waals surface area (Å²) in [7, 11) is 0. The molecule has 4 nitrogen and oxygen atoms in total. The molecular formula is C25H22O4. The van der Waals surface area contributed by atoms with Gasteiger partial charge in [0.25, 0.3) is 0 Å². The van der Waals surface area contributed by atoms with Crippen molar-refractivity contribution in [1.29, 1.82) is 0 Å². The zero-order valence-corrected chi connectivity index (χ0v) is 16.0. The second-order valence-corrected chi connectivity index (χ2v) is 7.18. The number of rotatable bonds is 6. The van der Waals surface area contributed by atoms with Crippen molar-refractivity contribution in [2.75, 3.05) is 0 Å². The quantitative estimate of drug-likeness (QED) is 0.442. The van der Waals surface area contributed by atoms with E-state index >= 15 is 0 Å². The van der Waals surface area contributed by atoms with E-state index in [9.17, 15) is 9.59 Å². The van der Waals surface area contributed by atoms with Crippen LogP contribution in [0.1, 0.15) is 36.3 Å². The molecule has 0 unspecified atom stereocenters. The number of cyclic esters (lactones) is 1. The first-order chi connectivity index (χ1) is 14.2. The largest absolute Gasteiger partial charge is 0.453 e. The van der Waals surface area contributed by atoms with E-state index in [0.29, 0.717) is 18.6 Å². The van der Waals surface area contributed by atoms with E-state index in [2.05, 4.69) is 0 Å². The maximum atomic E-state index is 12.8. The van der Waals surface area contributed by atoms with Gasteiger partial charge in [0.2, 0.25) is 0 Å². The molecule has 4 rings (SSSR count). The van der Waals surface area contributed by atoms with Gasteiger partial charge in [-0.1, -0.05) is 78.9 Å². The summed E-state index contributed by atoms with van der Waals surface area (Å²) in [4.78, 5) is 25.1. The fraction of sp³-hybridized carbons (Fsp3) is 0.200. The monoisotopic (exact) mass is 386 g/mol. The summed E-state index contributed by atoms with van der Waals surface area (Å²) >= 11 is 0. The standard InChI is InChI=1S/C25H22O4/c26-23-16-17-25(29-23,20-12-6-2-7-13-20)22(19-10-4-1-5-11-19)18-24(27)28-21-14-8-3-9-15-21/h1-15,22H,16-18H2/t22-,25-/m1/s1. The van der Waals surface area contributed by atoms with Crippen LogP contribution >= 0.6 is 0 Å². The molecule has 1 aliphatic heterocycles. The Morgan fingerprint density at radius 3 is 2.07 bits per heavy atom. The van der Waals surface area contributed by atoms with Gasteiger partial charge >= 0.3 is 11.9 Å². The highest BCUT2D eigenvalue weighted by atomic mass is 16.6. The van der Waals surface area contributed by atoms with Crippen molar-refractivity contribution < 1.29 is 19.1 Å². The molecule has 0 spiro atoms. The SMILES string of the molecule is O=C(C[C@H](c1ccccc1)[C@]1(c2ccccc2)CCC(=O)O1)Oc1ccccc1. The summed E-state index contributed by atoms with van der Waals surface area (Å²) in [5, 5.41) is 0. The number of ether oxygens (including phenoxy) is 2. The molecule has 0 saturated carbocycles. The van der Waals surface area contributed by atoms with Gasteiger partial charge in [-0.15, -0.1) is 0 Å². The second kappa shape index (κ2) is 8.31. The Morgan fingerprint density at radius 2 is 1.48 bits per heavy atom. The van der Waals surface area contributed by atoms with Gasteiger partial charge < -0.3 is 9.47 Å². The molecule has 0 amide bonds. The lowest BCUT2D eigenvalue weighted by atomic mass is 9.74. The molecule has 0 radical (unpaired) electrons. The number of hydrogen-bond donors (Lipinski definition) is 0. The van der Waals surface area contributed by atoms with Crippen LogP contribution in [-0.4, -0.2) is 11.9 Å². The van der Waals surface area contributed by atoms with E-state index in [-0.39, 0.29) is 24.3 Å². The lowest BCUT2D eigenvalue weighted by Gasteiger charge is -2.36. The van der Waals surface area contributed by atoms with Crippen LogP contribution in [0.3, 0.4) is 0 Å². The van der Waals surface area contributed by atoms with E-state index < -0.39 is 5.60 Å². The summed E-state index contributed by atoms with van der Waals surface area (Å²) in [5.41, 5.74) is 0.943. The molecule has 29 heavy (non-hydrogen) atoms. The normalized spacial score (nSPS) is 19.4. The van der Waals surface area contributed by atoms with Gasteiger partial charge in [-0.25, -0.2) is 0 Å². The summed E-state index contributed by atoms with van der Waals surface area (Å²) in [6.45, 7) is 0. The van der Waals surface area contributed by atoms with Crippen LogP contribution in [0.4, 0.5) is 0 Å². The number of carbonyl (C=O) groups excluding carboxylic acids is 2. The summed E-state index contributed by atoms with van der Waals surface area (Å²) in [6.07, 6.45) is 0.946. The number of carbonyl (C=O) groups is 2. The maximum absolute atomic E-state index is 12.8. The lowest BCUT2D eigenvalue weighted by Crippen LogP contribution is -2.35. The molecule has 0 aliphatic carbocycles. The topological polar surface area (TPSA) is 52.6 Å². The average molecular weight is 386 g/mol. The Bertz CT molecular complexity index is 969. The molecule has 2 atom stereocenters. The highest BCUT2D eigenvalue weighted by Gasteiger charge is 2.49. The molecule has 146 valence electrons. The highest BCUT2D eigenvalue weighted by molar-refractivity contribution is 5.76. The minimum absolute atomic E-state index is 0.0983. The van der Waals surface area contributed by atoms with Gasteiger partial charge in [-0.2, -0.15) is 0 Å². The molecular weight excluding hydrogens is 364 g/mol. The van der Waals surface area contributed by atoms with E-state index in [4.69, 9.17) is 9.47 Å². The van der Waals surface area contributed by atoms with Crippen molar-refractivity contribution in [3.8, 4) is 5.75 Å². The second-order valence-electron chi connectivity index (χ2n) is 7.18. The maximum Gasteiger partial charge on any atom is 0.311 e. The Morgan fingerprint density at radius 1 is 0.897 bits per heavy atom. The number of para-hydroxylation sites is 1. The Kier molecular flexibility index (Phi) is 5.43. The van der Waals surface area contributed by atoms with Crippen molar-refractivity contribution in [1.82, 2.24) is 0 Å². The fourth-order valence-electron chi connectivity index (χ4n) is 4.03. The molecule has 0 aromatic heterocycles. The van der Waals surface area contributed by atoms with Gasteiger partial charge in [-0.05, 0) is 23.3 Å². The highest BCUT2D eigenvalue weighted by Crippen LogP contribution is 2.49. The Balaban J connectivity index is 1.71. The van der Waals surface area contributed by atoms with Gasteiger partial charge in [0.1, 0.15) is 11.4 Å². The third kappa shape index (κ3) is 4.06. The van der Waals surface area contributed by atoms with Crippen LogP contribution < -0.4 is 4.74 Å². The van der Waals surface area contributed by atoms with Crippen LogP contribution in [-0.2, 0) is 19.9 Å². The first kappa shape index (κ1) is 18.9. The van der Waals surface area contributed by atoms with Crippen LogP contribution in [0.2, 0.25) is 0 Å². The summed E-state index contributed by atoms with van der Waals surface area (Å²) in [6, 6.07) is 28.4. The van der Waals surface area contributed by atoms with Crippen molar-refractivity contribution in [2.45, 2.75) is 30.8 Å². The first-order valence-corrected chi connectivity index (χ1v) is 9.75. The number of esters is 2. The van der Waals surface area contributed by atoms with Gasteiger partial charge in [0, 0.05) is 18.8 Å². The number of hydrogen-bond acceptors (Lipinski definition) is 4. The average Bonchev–Trinajstić information content (AvgIpc) is 3.16. The molecule has 1 saturated heterocycles. The van der Waals surface area contributed by atoms with Gasteiger partial charge in [0.05, 0.1) is 6.42 Å². The third-order valence-corrected chi connectivity index (χ3v) is 5.37. The van der Waals surface area contributed by atoms with Crippen LogP contribution in [0.15, 0.2) is 91.0 Å². The van der Waals surface area contributed by atoms with Gasteiger partial charge in [-0.3, -0.25) is 9.59 Å². The first-order valence-electron chi connectivity index (χ1n) is 9.75. The molecule has 4 heteroatoms. The smallest absolute Gasteiger partial charge is 0.311 e. The molecule has 1 heterocycles. The molecule has 1 aliphatic rings.